The summed E-state index contributed by atoms with van der Waals surface area (Å²) in [6.07, 6.45) is -3.59. The average molecular weight is 1010 g/mol. The molecule has 0 aliphatic carbocycles. The molecule has 5 saturated heterocycles. The number of halogens is 1. The van der Waals surface area contributed by atoms with Crippen LogP contribution in [0.1, 0.15) is 108 Å². The number of nitrogens with zero attached hydrogens (tertiary/aromatic N) is 5. The van der Waals surface area contributed by atoms with E-state index in [1.54, 1.807) is 33.1 Å². The number of carbonyl (C=O) groups excluding carboxylic acids is 2. The number of aliphatic hydroxyl groups excluding tert-OH is 1. The lowest BCUT2D eigenvalue weighted by Crippen LogP contribution is -2.59. The summed E-state index contributed by atoms with van der Waals surface area (Å²) in [5, 5.41) is 36.4. The molecule has 3 N–H and O–H groups in total. The van der Waals surface area contributed by atoms with Crippen molar-refractivity contribution in [2.45, 2.75) is 192 Å². The summed E-state index contributed by atoms with van der Waals surface area (Å²) in [7, 11) is 5.71. The molecule has 5 heterocycles. The second-order valence-corrected chi connectivity index (χ2v) is 22.8. The van der Waals surface area contributed by atoms with E-state index in [2.05, 4.69) is 35.6 Å². The van der Waals surface area contributed by atoms with Gasteiger partial charge in [-0.05, 0) is 106 Å². The van der Waals surface area contributed by atoms with Crippen LogP contribution in [0.25, 0.3) is 0 Å². The van der Waals surface area contributed by atoms with Crippen LogP contribution in [0.15, 0.2) is 24.3 Å². The van der Waals surface area contributed by atoms with Crippen molar-refractivity contribution in [3.05, 3.63) is 30.1 Å². The zero-order chi connectivity index (χ0) is 52.2. The number of likely N-dealkylation sites (N-methyl/N-ethyl adjacent to an activating group) is 2. The second-order valence-electron chi connectivity index (χ2n) is 22.8. The Morgan fingerprint density at radius 1 is 0.873 bits per heavy atom. The lowest BCUT2D eigenvalue weighted by Gasteiger charge is -2.47. The second kappa shape index (κ2) is 24.4. The van der Waals surface area contributed by atoms with Gasteiger partial charge in [-0.15, -0.1) is 0 Å². The maximum Gasteiger partial charge on any atom is 0.414 e. The average Bonchev–Trinajstić information content (AvgIpc) is 3.68. The molecule has 406 valence electrons. The molecule has 1 aromatic rings. The van der Waals surface area contributed by atoms with Gasteiger partial charge in [0.1, 0.15) is 29.7 Å². The lowest BCUT2D eigenvalue weighted by atomic mass is 9.77. The van der Waals surface area contributed by atoms with Crippen LogP contribution >= 0.6 is 0 Å². The number of hydrogen-bond donors (Lipinski definition) is 3. The number of anilines is 1. The summed E-state index contributed by atoms with van der Waals surface area (Å²) in [6.45, 7) is 25.4. The highest BCUT2D eigenvalue weighted by molar-refractivity contribution is 5.89. The van der Waals surface area contributed by atoms with Crippen molar-refractivity contribution in [1.29, 1.82) is 0 Å². The molecule has 0 spiro atoms. The van der Waals surface area contributed by atoms with Gasteiger partial charge < -0.3 is 58.3 Å². The predicted octanol–water partition coefficient (Wildman–Crippen LogP) is 5.11. The minimum atomic E-state index is -1.78. The maximum atomic E-state index is 14.5. The highest BCUT2D eigenvalue weighted by atomic mass is 19.1. The van der Waals surface area contributed by atoms with E-state index in [9.17, 15) is 29.3 Å². The Bertz CT molecular complexity index is 1880. The molecule has 0 bridgehead atoms. The van der Waals surface area contributed by atoms with E-state index < -0.39 is 89.6 Å². The van der Waals surface area contributed by atoms with Crippen LogP contribution in [0.5, 0.6) is 0 Å². The number of carbonyl (C=O) groups is 2. The summed E-state index contributed by atoms with van der Waals surface area (Å²) in [4.78, 5) is 37.8. The molecule has 5 fully saturated rings. The van der Waals surface area contributed by atoms with Gasteiger partial charge in [-0.3, -0.25) is 19.5 Å². The third kappa shape index (κ3) is 14.6. The van der Waals surface area contributed by atoms with E-state index >= 15 is 0 Å². The standard InChI is InChI=1S/C53H90FN5O12/c1-14-43-53(10,64)47(60)38(7)56(12)30-33(2)27-52(9,63)48(36(5)46(37(6)49(61)69-43)70-45-29-51(8,65-13)28-35(4)67-45)71-44-26-41(24-34(3)66-44)55(11)18-19-57-20-22-58(23-21-57)31-42-32-59(50(62)68-42)40-17-15-16-39(54)25-40/h15-17,25,33-38,41-48,60,63-64H,14,18-24,26-32H2,1-13H3/t33-,34-,35+,36+,37-,38-,41+,42+,43-,44+,45+,46+,47-,48-,51+,52-,53-/m1/s1. The Morgan fingerprint density at radius 2 is 1.55 bits per heavy atom. The van der Waals surface area contributed by atoms with Gasteiger partial charge in [0.25, 0.3) is 0 Å². The Kier molecular flexibility index (Phi) is 19.8. The van der Waals surface area contributed by atoms with Gasteiger partial charge in [-0.2, -0.15) is 0 Å². The largest absolute Gasteiger partial charge is 0.459 e. The van der Waals surface area contributed by atoms with E-state index in [0.717, 1.165) is 45.7 Å². The molecular formula is C53H90FN5O12. The van der Waals surface area contributed by atoms with Gasteiger partial charge in [-0.1, -0.05) is 26.8 Å². The molecule has 1 amide bonds. The molecule has 17 nitrogen and oxygen atoms in total. The van der Waals surface area contributed by atoms with Crippen molar-refractivity contribution >= 4 is 17.7 Å². The molecule has 5 aliphatic rings. The van der Waals surface area contributed by atoms with E-state index in [4.69, 9.17) is 33.2 Å². The Hall–Kier alpha value is -2.59. The van der Waals surface area contributed by atoms with Crippen LogP contribution in [0.4, 0.5) is 14.9 Å². The molecule has 0 saturated carbocycles. The van der Waals surface area contributed by atoms with Gasteiger partial charge >= 0.3 is 12.1 Å². The summed E-state index contributed by atoms with van der Waals surface area (Å²) < 4.78 is 58.7. The number of rotatable bonds is 13. The van der Waals surface area contributed by atoms with Crippen LogP contribution in [-0.2, 0) is 38.0 Å². The van der Waals surface area contributed by atoms with Crippen molar-refractivity contribution in [2.24, 2.45) is 17.8 Å². The normalized spacial score (nSPS) is 41.4. The fraction of sp³-hybridized carbons (Fsp3) is 0.849. The van der Waals surface area contributed by atoms with E-state index in [-0.39, 0.29) is 36.7 Å². The number of aliphatic hydroxyl groups is 3. The van der Waals surface area contributed by atoms with Gasteiger partial charge in [0.15, 0.2) is 12.6 Å². The first-order valence-corrected chi connectivity index (χ1v) is 26.4. The highest BCUT2D eigenvalue weighted by Crippen LogP contribution is 2.40. The Labute approximate surface area is 423 Å². The van der Waals surface area contributed by atoms with Crippen LogP contribution in [-0.4, -0.2) is 211 Å². The van der Waals surface area contributed by atoms with Crippen LogP contribution in [0, 0.1) is 23.6 Å². The van der Waals surface area contributed by atoms with Gasteiger partial charge in [0, 0.05) is 96.7 Å². The number of hydrogen-bond acceptors (Lipinski definition) is 16. The van der Waals surface area contributed by atoms with E-state index in [1.807, 2.05) is 46.6 Å². The third-order valence-electron chi connectivity index (χ3n) is 16.4. The molecular weight excluding hydrogens is 918 g/mol. The first-order chi connectivity index (χ1) is 33.3. The maximum absolute atomic E-state index is 14.5. The van der Waals surface area contributed by atoms with Crippen LogP contribution in [0.2, 0.25) is 0 Å². The van der Waals surface area contributed by atoms with Crippen molar-refractivity contribution in [3.63, 3.8) is 0 Å². The fourth-order valence-corrected chi connectivity index (χ4v) is 12.1. The summed E-state index contributed by atoms with van der Waals surface area (Å²) in [5.74, 6) is -2.63. The number of ether oxygens (including phenoxy) is 7. The van der Waals surface area contributed by atoms with E-state index in [0.29, 0.717) is 51.0 Å². The summed E-state index contributed by atoms with van der Waals surface area (Å²) in [5.41, 5.74) is -3.27. The number of esters is 1. The van der Waals surface area contributed by atoms with Crippen LogP contribution < -0.4 is 4.90 Å². The van der Waals surface area contributed by atoms with Gasteiger partial charge in [-0.25, -0.2) is 9.18 Å². The molecule has 0 radical (unpaired) electrons. The molecule has 0 aromatic heterocycles. The molecule has 17 atom stereocenters. The number of amides is 1. The van der Waals surface area contributed by atoms with Gasteiger partial charge in [0.2, 0.25) is 0 Å². The molecule has 6 rings (SSSR count). The third-order valence-corrected chi connectivity index (χ3v) is 16.4. The quantitative estimate of drug-likeness (QED) is 0.222. The SMILES string of the molecule is CC[C@H]1OC(=O)[C@H](C)[C@@H](O[C@H]2C[C@@](C)(OC)C[C@H](C)O2)[C@H](C)[C@@H](O[C@H]2C[C@@H](N(C)CCN3CCN(C[C@H]4CN(c5cccc(F)c5)C(=O)O4)CC3)C[C@@H](C)O2)[C@](C)(O)C[C@@H](C)CN(C)[C@H](C)[C@@H](O)[C@]1(C)O. The Balaban J connectivity index is 1.16. The topological polar surface area (TPSA) is 176 Å². The zero-order valence-corrected chi connectivity index (χ0v) is 45.1. The zero-order valence-electron chi connectivity index (χ0n) is 45.1. The highest BCUT2D eigenvalue weighted by Gasteiger charge is 2.51. The minimum absolute atomic E-state index is 0.0936. The fourth-order valence-electron chi connectivity index (χ4n) is 12.1. The van der Waals surface area contributed by atoms with Gasteiger partial charge in [0.05, 0.1) is 53.8 Å². The Morgan fingerprint density at radius 3 is 2.21 bits per heavy atom. The monoisotopic (exact) mass is 1010 g/mol. The van der Waals surface area contributed by atoms with Crippen LogP contribution in [0.3, 0.4) is 0 Å². The lowest BCUT2D eigenvalue weighted by molar-refractivity contribution is -0.292. The smallest absolute Gasteiger partial charge is 0.414 e. The predicted molar refractivity (Wildman–Crippen MR) is 267 cm³/mol. The number of benzene rings is 1. The van der Waals surface area contributed by atoms with Crippen molar-refractivity contribution in [3.8, 4) is 0 Å². The first kappa shape index (κ1) is 57.7. The molecule has 1 aromatic carbocycles. The molecule has 0 unspecified atom stereocenters. The number of methoxy groups -OCH3 is 1. The first-order valence-electron chi connectivity index (χ1n) is 26.4. The molecule has 5 aliphatic heterocycles. The van der Waals surface area contributed by atoms with Crippen molar-refractivity contribution < 1.29 is 62.5 Å². The number of piperazine rings is 1. The molecule has 18 heteroatoms. The minimum Gasteiger partial charge on any atom is -0.459 e. The van der Waals surface area contributed by atoms with E-state index in [1.165, 1.54) is 24.0 Å². The number of cyclic esters (lactones) is 2. The van der Waals surface area contributed by atoms with Crippen molar-refractivity contribution in [2.75, 3.05) is 85.0 Å². The van der Waals surface area contributed by atoms with Crippen molar-refractivity contribution in [1.82, 2.24) is 19.6 Å². The summed E-state index contributed by atoms with van der Waals surface area (Å²) in [6, 6.07) is 5.63. The molecule has 71 heavy (non-hydrogen) atoms. The summed E-state index contributed by atoms with van der Waals surface area (Å²) >= 11 is 0.